The summed E-state index contributed by atoms with van der Waals surface area (Å²) in [5.74, 6) is 0.265. The van der Waals surface area contributed by atoms with E-state index in [0.717, 1.165) is 45.3 Å². The summed E-state index contributed by atoms with van der Waals surface area (Å²) in [6, 6.07) is 0.483. The SMILES string of the molecule is CCN1CCC[C@H]1CNC(=O)[C@H]1CCCC[C@H]1C(=O)C(C)C. The molecule has 22 heavy (non-hydrogen) atoms. The van der Waals surface area contributed by atoms with Crippen LogP contribution < -0.4 is 5.32 Å². The zero-order valence-electron chi connectivity index (χ0n) is 14.4. The molecule has 0 aromatic rings. The zero-order chi connectivity index (χ0) is 16.1. The summed E-state index contributed by atoms with van der Waals surface area (Å²) in [7, 11) is 0. The number of Topliss-reactive ketones (excluding diaryl/α,β-unsaturated/α-hetero) is 1. The van der Waals surface area contributed by atoms with Crippen molar-refractivity contribution < 1.29 is 9.59 Å². The molecule has 2 fully saturated rings. The number of hydrogen-bond acceptors (Lipinski definition) is 3. The molecule has 0 spiro atoms. The number of likely N-dealkylation sites (N-methyl/N-ethyl adjacent to an activating group) is 1. The van der Waals surface area contributed by atoms with Crippen molar-refractivity contribution in [2.24, 2.45) is 17.8 Å². The average Bonchev–Trinajstić information content (AvgIpc) is 2.99. The third kappa shape index (κ3) is 4.09. The van der Waals surface area contributed by atoms with Crippen molar-refractivity contribution in [3.05, 3.63) is 0 Å². The van der Waals surface area contributed by atoms with Gasteiger partial charge in [0.15, 0.2) is 0 Å². The minimum atomic E-state index is -0.0971. The molecule has 0 unspecified atom stereocenters. The van der Waals surface area contributed by atoms with Gasteiger partial charge in [-0.05, 0) is 38.8 Å². The van der Waals surface area contributed by atoms with Crippen LogP contribution in [0, 0.1) is 17.8 Å². The van der Waals surface area contributed by atoms with Crippen molar-refractivity contribution in [2.75, 3.05) is 19.6 Å². The van der Waals surface area contributed by atoms with E-state index in [-0.39, 0.29) is 29.4 Å². The van der Waals surface area contributed by atoms with Crippen LogP contribution in [0.3, 0.4) is 0 Å². The third-order valence-electron chi connectivity index (χ3n) is 5.45. The lowest BCUT2D eigenvalue weighted by molar-refractivity contribution is -0.137. The second-order valence-corrected chi connectivity index (χ2v) is 7.22. The highest BCUT2D eigenvalue weighted by Gasteiger charge is 2.36. The Kier molecular flexibility index (Phi) is 6.42. The lowest BCUT2D eigenvalue weighted by Crippen LogP contribution is -2.45. The van der Waals surface area contributed by atoms with Crippen LogP contribution in [0.2, 0.25) is 0 Å². The van der Waals surface area contributed by atoms with Crippen LogP contribution in [-0.2, 0) is 9.59 Å². The molecule has 1 N–H and O–H groups in total. The summed E-state index contributed by atoms with van der Waals surface area (Å²) in [6.45, 7) is 9.02. The first-order chi connectivity index (χ1) is 10.5. The standard InChI is InChI=1S/C18H32N2O2/c1-4-20-11-7-8-14(20)12-19-18(22)16-10-6-5-9-15(16)17(21)13(2)3/h13-16H,4-12H2,1-3H3,(H,19,22)/t14-,15+,16-/m0/s1. The lowest BCUT2D eigenvalue weighted by Gasteiger charge is -2.31. The number of hydrogen-bond donors (Lipinski definition) is 1. The van der Waals surface area contributed by atoms with Gasteiger partial charge in [0.1, 0.15) is 5.78 Å². The van der Waals surface area contributed by atoms with Crippen molar-refractivity contribution in [2.45, 2.75) is 65.3 Å². The zero-order valence-corrected chi connectivity index (χ0v) is 14.4. The van der Waals surface area contributed by atoms with Crippen LogP contribution in [0.1, 0.15) is 59.3 Å². The maximum atomic E-state index is 12.6. The number of carbonyl (C=O) groups excluding carboxylic acids is 2. The molecule has 1 saturated heterocycles. The normalized spacial score (nSPS) is 29.7. The molecule has 3 atom stereocenters. The molecule has 126 valence electrons. The van der Waals surface area contributed by atoms with Crippen LogP contribution in [-0.4, -0.2) is 42.3 Å². The predicted molar refractivity (Wildman–Crippen MR) is 88.6 cm³/mol. The topological polar surface area (TPSA) is 49.4 Å². The molecule has 1 saturated carbocycles. The van der Waals surface area contributed by atoms with E-state index in [1.165, 1.54) is 12.8 Å². The van der Waals surface area contributed by atoms with E-state index in [4.69, 9.17) is 0 Å². The smallest absolute Gasteiger partial charge is 0.223 e. The summed E-state index contributed by atoms with van der Waals surface area (Å²) < 4.78 is 0. The molecule has 4 heteroatoms. The minimum absolute atomic E-state index is 0.0313. The molecule has 0 aromatic heterocycles. The largest absolute Gasteiger partial charge is 0.354 e. The van der Waals surface area contributed by atoms with E-state index < -0.39 is 0 Å². The van der Waals surface area contributed by atoms with Gasteiger partial charge in [-0.2, -0.15) is 0 Å². The Morgan fingerprint density at radius 2 is 1.77 bits per heavy atom. The van der Waals surface area contributed by atoms with Crippen molar-refractivity contribution in [3.8, 4) is 0 Å². The summed E-state index contributed by atoms with van der Waals surface area (Å²) >= 11 is 0. The predicted octanol–water partition coefficient (Wildman–Crippen LogP) is 2.62. The Morgan fingerprint density at radius 3 is 2.41 bits per heavy atom. The summed E-state index contributed by atoms with van der Waals surface area (Å²) in [4.78, 5) is 27.4. The van der Waals surface area contributed by atoms with Gasteiger partial charge in [0.2, 0.25) is 5.91 Å². The molecule has 2 aliphatic rings. The molecule has 0 bridgehead atoms. The minimum Gasteiger partial charge on any atom is -0.354 e. The van der Waals surface area contributed by atoms with Crippen molar-refractivity contribution >= 4 is 11.7 Å². The van der Waals surface area contributed by atoms with Gasteiger partial charge < -0.3 is 5.32 Å². The van der Waals surface area contributed by atoms with E-state index in [9.17, 15) is 9.59 Å². The second-order valence-electron chi connectivity index (χ2n) is 7.22. The maximum Gasteiger partial charge on any atom is 0.223 e. The highest BCUT2D eigenvalue weighted by Crippen LogP contribution is 2.32. The average molecular weight is 308 g/mol. The van der Waals surface area contributed by atoms with Gasteiger partial charge in [-0.25, -0.2) is 0 Å². The second kappa shape index (κ2) is 8.09. The molecule has 1 aliphatic heterocycles. The van der Waals surface area contributed by atoms with Crippen molar-refractivity contribution in [1.82, 2.24) is 10.2 Å². The lowest BCUT2D eigenvalue weighted by atomic mass is 9.74. The Labute approximate surface area is 135 Å². The van der Waals surface area contributed by atoms with Gasteiger partial charge >= 0.3 is 0 Å². The molecule has 1 amide bonds. The summed E-state index contributed by atoms with van der Waals surface area (Å²) in [5.41, 5.74) is 0. The fourth-order valence-electron chi connectivity index (χ4n) is 4.11. The number of likely N-dealkylation sites (tertiary alicyclic amines) is 1. The van der Waals surface area contributed by atoms with Crippen LogP contribution in [0.25, 0.3) is 0 Å². The number of carbonyl (C=O) groups is 2. The Morgan fingerprint density at radius 1 is 1.09 bits per heavy atom. The first-order valence-electron chi connectivity index (χ1n) is 9.10. The van der Waals surface area contributed by atoms with E-state index >= 15 is 0 Å². The monoisotopic (exact) mass is 308 g/mol. The Bertz CT molecular complexity index is 395. The van der Waals surface area contributed by atoms with Gasteiger partial charge in [0, 0.05) is 30.3 Å². The van der Waals surface area contributed by atoms with Crippen LogP contribution in [0.4, 0.5) is 0 Å². The first-order valence-corrected chi connectivity index (χ1v) is 9.10. The van der Waals surface area contributed by atoms with Gasteiger partial charge in [0.05, 0.1) is 0 Å². The van der Waals surface area contributed by atoms with Crippen molar-refractivity contribution in [3.63, 3.8) is 0 Å². The highest BCUT2D eigenvalue weighted by atomic mass is 16.2. The maximum absolute atomic E-state index is 12.6. The number of nitrogens with one attached hydrogen (secondary N) is 1. The summed E-state index contributed by atoms with van der Waals surface area (Å²) in [6.07, 6.45) is 6.32. The van der Waals surface area contributed by atoms with Crippen LogP contribution in [0.5, 0.6) is 0 Å². The Balaban J connectivity index is 1.90. The summed E-state index contributed by atoms with van der Waals surface area (Å²) in [5, 5.41) is 3.15. The molecule has 0 radical (unpaired) electrons. The molecular formula is C18H32N2O2. The molecule has 1 aliphatic carbocycles. The van der Waals surface area contributed by atoms with Crippen LogP contribution >= 0.6 is 0 Å². The fourth-order valence-corrected chi connectivity index (χ4v) is 4.11. The Hall–Kier alpha value is -0.900. The first kappa shape index (κ1) is 17.5. The van der Waals surface area contributed by atoms with Gasteiger partial charge in [-0.1, -0.05) is 33.6 Å². The van der Waals surface area contributed by atoms with Crippen molar-refractivity contribution in [1.29, 1.82) is 0 Å². The molecular weight excluding hydrogens is 276 g/mol. The van der Waals surface area contributed by atoms with Gasteiger partial charge in [-0.15, -0.1) is 0 Å². The number of amides is 1. The number of ketones is 1. The van der Waals surface area contributed by atoms with E-state index in [1.807, 2.05) is 13.8 Å². The van der Waals surface area contributed by atoms with E-state index in [2.05, 4.69) is 17.1 Å². The molecule has 4 nitrogen and oxygen atoms in total. The van der Waals surface area contributed by atoms with Crippen LogP contribution in [0.15, 0.2) is 0 Å². The van der Waals surface area contributed by atoms with Gasteiger partial charge in [-0.3, -0.25) is 14.5 Å². The quantitative estimate of drug-likeness (QED) is 0.820. The van der Waals surface area contributed by atoms with Gasteiger partial charge in [0.25, 0.3) is 0 Å². The van der Waals surface area contributed by atoms with E-state index in [0.29, 0.717) is 6.04 Å². The molecule has 0 aromatic carbocycles. The fraction of sp³-hybridized carbons (Fsp3) is 0.889. The third-order valence-corrected chi connectivity index (χ3v) is 5.45. The molecule has 2 rings (SSSR count). The number of rotatable bonds is 6. The van der Waals surface area contributed by atoms with E-state index in [1.54, 1.807) is 0 Å². The highest BCUT2D eigenvalue weighted by molar-refractivity contribution is 5.90. The molecule has 1 heterocycles. The number of nitrogens with zero attached hydrogens (tertiary/aromatic N) is 1.